The molecule has 2 heteroatoms. The molecule has 0 aromatic carbocycles. The molecule has 0 bridgehead atoms. The highest BCUT2D eigenvalue weighted by Crippen LogP contribution is 2.11. The van der Waals surface area contributed by atoms with Gasteiger partial charge in [-0.15, -0.1) is 0 Å². The molecule has 2 nitrogen and oxygen atoms in total. The predicted octanol–water partition coefficient (Wildman–Crippen LogP) is 5.88. The summed E-state index contributed by atoms with van der Waals surface area (Å²) in [5.74, 6) is -0.885. The zero-order chi connectivity index (χ0) is 14.9. The quantitative estimate of drug-likeness (QED) is 0.245. The van der Waals surface area contributed by atoms with Gasteiger partial charge in [-0.05, 0) is 12.8 Å². The van der Waals surface area contributed by atoms with Crippen LogP contribution < -0.4 is 0 Å². The minimum absolute atomic E-state index is 0.885. The van der Waals surface area contributed by atoms with Crippen molar-refractivity contribution in [1.82, 2.24) is 0 Å². The second-order valence-electron chi connectivity index (χ2n) is 5.45. The van der Waals surface area contributed by atoms with Gasteiger partial charge in [0.1, 0.15) is 0 Å². The molecule has 0 atom stereocenters. The van der Waals surface area contributed by atoms with Gasteiger partial charge in [-0.25, -0.2) is 4.79 Å². The number of allylic oxidation sites excluding steroid dienone is 3. The number of unbranched alkanes of at least 4 members (excludes halogenated alkanes) is 11. The highest BCUT2D eigenvalue weighted by Gasteiger charge is 1.92. The maximum absolute atomic E-state index is 10.2. The van der Waals surface area contributed by atoms with E-state index >= 15 is 0 Å². The molecule has 0 fully saturated rings. The van der Waals surface area contributed by atoms with Crippen LogP contribution in [0.4, 0.5) is 0 Å². The molecule has 1 N–H and O–H groups in total. The molecule has 0 amide bonds. The van der Waals surface area contributed by atoms with Crippen molar-refractivity contribution in [2.24, 2.45) is 0 Å². The van der Waals surface area contributed by atoms with E-state index in [0.29, 0.717) is 0 Å². The average Bonchev–Trinajstić information content (AvgIpc) is 2.43. The molecule has 0 saturated heterocycles. The zero-order valence-electron chi connectivity index (χ0n) is 13.2. The first kappa shape index (κ1) is 18.9. The summed E-state index contributed by atoms with van der Waals surface area (Å²) in [5.41, 5.74) is 0. The number of carboxylic acid groups (broad SMARTS) is 1. The number of carboxylic acids is 1. The van der Waals surface area contributed by atoms with E-state index in [1.165, 1.54) is 70.6 Å². The molecule has 0 radical (unpaired) electrons. The van der Waals surface area contributed by atoms with Gasteiger partial charge in [0.25, 0.3) is 0 Å². The van der Waals surface area contributed by atoms with Gasteiger partial charge in [-0.2, -0.15) is 0 Å². The second kappa shape index (κ2) is 16.0. The topological polar surface area (TPSA) is 37.3 Å². The van der Waals surface area contributed by atoms with Crippen LogP contribution in [0.3, 0.4) is 0 Å². The zero-order valence-corrected chi connectivity index (χ0v) is 13.2. The molecular weight excluding hydrogens is 248 g/mol. The van der Waals surface area contributed by atoms with Gasteiger partial charge in [0, 0.05) is 6.08 Å². The third-order valence-corrected chi connectivity index (χ3v) is 3.46. The van der Waals surface area contributed by atoms with Crippen LogP contribution in [0.2, 0.25) is 0 Å². The van der Waals surface area contributed by atoms with Crippen molar-refractivity contribution in [3.63, 3.8) is 0 Å². The lowest BCUT2D eigenvalue weighted by Crippen LogP contribution is -1.84. The fourth-order valence-electron chi connectivity index (χ4n) is 2.24. The van der Waals surface area contributed by atoms with Crippen molar-refractivity contribution in [1.29, 1.82) is 0 Å². The SMILES string of the molecule is CCCCCCCCCCCCC/C=C/C=CC(=O)O. The van der Waals surface area contributed by atoms with E-state index in [1.807, 2.05) is 12.2 Å². The largest absolute Gasteiger partial charge is 0.478 e. The van der Waals surface area contributed by atoms with Crippen molar-refractivity contribution >= 4 is 5.97 Å². The Morgan fingerprint density at radius 1 is 0.800 bits per heavy atom. The molecule has 20 heavy (non-hydrogen) atoms. The Morgan fingerprint density at radius 3 is 1.80 bits per heavy atom. The van der Waals surface area contributed by atoms with Crippen molar-refractivity contribution in [2.45, 2.75) is 84.0 Å². The summed E-state index contributed by atoms with van der Waals surface area (Å²) in [6, 6.07) is 0. The lowest BCUT2D eigenvalue weighted by molar-refractivity contribution is -0.131. The fourth-order valence-corrected chi connectivity index (χ4v) is 2.24. The van der Waals surface area contributed by atoms with Gasteiger partial charge >= 0.3 is 5.97 Å². The molecule has 0 spiro atoms. The molecule has 0 heterocycles. The summed E-state index contributed by atoms with van der Waals surface area (Å²) in [6.45, 7) is 2.26. The summed E-state index contributed by atoms with van der Waals surface area (Å²) in [7, 11) is 0. The van der Waals surface area contributed by atoms with Crippen LogP contribution in [0.5, 0.6) is 0 Å². The number of carbonyl (C=O) groups is 1. The van der Waals surface area contributed by atoms with Crippen LogP contribution in [-0.2, 0) is 4.79 Å². The van der Waals surface area contributed by atoms with E-state index < -0.39 is 5.97 Å². The molecule has 0 aromatic heterocycles. The molecule has 0 aliphatic carbocycles. The standard InChI is InChI=1S/C18H32O2/c1-2-3-4-5-6-7-8-9-10-11-12-13-14-15-16-17-18(19)20/h14-17H,2-13H2,1H3,(H,19,20)/b15-14+,17-16?. The summed E-state index contributed by atoms with van der Waals surface area (Å²) in [5, 5.41) is 8.40. The van der Waals surface area contributed by atoms with Gasteiger partial charge in [0.05, 0.1) is 0 Å². The van der Waals surface area contributed by atoms with E-state index in [2.05, 4.69) is 6.92 Å². The second-order valence-corrected chi connectivity index (χ2v) is 5.45. The smallest absolute Gasteiger partial charge is 0.328 e. The predicted molar refractivity (Wildman–Crippen MR) is 87.0 cm³/mol. The van der Waals surface area contributed by atoms with Gasteiger partial charge in [0.2, 0.25) is 0 Å². The van der Waals surface area contributed by atoms with E-state index in [0.717, 1.165) is 12.5 Å². The van der Waals surface area contributed by atoms with Crippen LogP contribution in [0.25, 0.3) is 0 Å². The van der Waals surface area contributed by atoms with Crippen molar-refractivity contribution < 1.29 is 9.90 Å². The number of aliphatic carboxylic acids is 1. The molecule has 0 aromatic rings. The maximum Gasteiger partial charge on any atom is 0.328 e. The Labute approximate surface area is 125 Å². The maximum atomic E-state index is 10.2. The molecule has 0 unspecified atom stereocenters. The van der Waals surface area contributed by atoms with Crippen molar-refractivity contribution in [3.8, 4) is 0 Å². The van der Waals surface area contributed by atoms with E-state index in [9.17, 15) is 4.79 Å². The van der Waals surface area contributed by atoms with E-state index in [1.54, 1.807) is 6.08 Å². The normalized spacial score (nSPS) is 11.7. The molecule has 0 aliphatic heterocycles. The Bertz CT molecular complexity index is 267. The Hall–Kier alpha value is -1.05. The number of rotatable bonds is 14. The van der Waals surface area contributed by atoms with Gasteiger partial charge in [0.15, 0.2) is 0 Å². The summed E-state index contributed by atoms with van der Waals surface area (Å²) < 4.78 is 0. The average molecular weight is 280 g/mol. The Kier molecular flexibility index (Phi) is 15.2. The third-order valence-electron chi connectivity index (χ3n) is 3.46. The molecule has 0 saturated carbocycles. The summed E-state index contributed by atoms with van der Waals surface area (Å²) in [4.78, 5) is 10.2. The van der Waals surface area contributed by atoms with Gasteiger partial charge in [-0.3, -0.25) is 0 Å². The highest BCUT2D eigenvalue weighted by molar-refractivity contribution is 5.80. The van der Waals surface area contributed by atoms with Crippen LogP contribution in [0.1, 0.15) is 84.0 Å². The number of hydrogen-bond donors (Lipinski definition) is 1. The minimum Gasteiger partial charge on any atom is -0.478 e. The lowest BCUT2D eigenvalue weighted by Gasteiger charge is -2.01. The van der Waals surface area contributed by atoms with Crippen LogP contribution in [0.15, 0.2) is 24.3 Å². The van der Waals surface area contributed by atoms with Crippen molar-refractivity contribution in [2.75, 3.05) is 0 Å². The highest BCUT2D eigenvalue weighted by atomic mass is 16.4. The monoisotopic (exact) mass is 280 g/mol. The van der Waals surface area contributed by atoms with Gasteiger partial charge < -0.3 is 5.11 Å². The molecule has 0 rings (SSSR count). The van der Waals surface area contributed by atoms with Gasteiger partial charge in [-0.1, -0.05) is 89.4 Å². The first-order chi connectivity index (χ1) is 9.77. The van der Waals surface area contributed by atoms with E-state index in [-0.39, 0.29) is 0 Å². The number of hydrogen-bond acceptors (Lipinski definition) is 1. The third kappa shape index (κ3) is 16.9. The van der Waals surface area contributed by atoms with Crippen LogP contribution >= 0.6 is 0 Å². The van der Waals surface area contributed by atoms with E-state index in [4.69, 9.17) is 5.11 Å². The molecular formula is C18H32O2. The van der Waals surface area contributed by atoms with Crippen LogP contribution in [-0.4, -0.2) is 11.1 Å². The molecule has 0 aliphatic rings. The Balaban J connectivity index is 3.11. The summed E-state index contributed by atoms with van der Waals surface area (Å²) in [6.07, 6.45) is 22.7. The van der Waals surface area contributed by atoms with Crippen molar-refractivity contribution in [3.05, 3.63) is 24.3 Å². The summed E-state index contributed by atoms with van der Waals surface area (Å²) >= 11 is 0. The minimum atomic E-state index is -0.885. The fraction of sp³-hybridized carbons (Fsp3) is 0.722. The lowest BCUT2D eigenvalue weighted by atomic mass is 10.1. The first-order valence-electron chi connectivity index (χ1n) is 8.33. The first-order valence-corrected chi connectivity index (χ1v) is 8.33. The molecule has 116 valence electrons. The van der Waals surface area contributed by atoms with Crippen LogP contribution in [0, 0.1) is 0 Å². The Morgan fingerprint density at radius 2 is 1.30 bits per heavy atom.